The van der Waals surface area contributed by atoms with Gasteiger partial charge in [-0.3, -0.25) is 4.79 Å². The lowest BCUT2D eigenvalue weighted by molar-refractivity contribution is 0.0469. The molecule has 1 amide bonds. The quantitative estimate of drug-likeness (QED) is 0.609. The number of methoxy groups -OCH3 is 1. The van der Waals surface area contributed by atoms with Crippen molar-refractivity contribution in [2.75, 3.05) is 21.2 Å². The van der Waals surface area contributed by atoms with E-state index in [1.54, 1.807) is 38.4 Å². The Labute approximate surface area is 145 Å². The van der Waals surface area contributed by atoms with Crippen LogP contribution >= 0.6 is 11.8 Å². The Morgan fingerprint density at radius 2 is 1.83 bits per heavy atom. The number of amides is 1. The van der Waals surface area contributed by atoms with Crippen molar-refractivity contribution >= 4 is 23.0 Å². The van der Waals surface area contributed by atoms with Crippen molar-refractivity contribution in [3.63, 3.8) is 0 Å². The number of hydrogen-bond donors (Lipinski definition) is 0. The molecule has 2 aromatic rings. The third-order valence-corrected chi connectivity index (χ3v) is 4.19. The van der Waals surface area contributed by atoms with Gasteiger partial charge in [-0.2, -0.15) is 0 Å². The average Bonchev–Trinajstić information content (AvgIpc) is 2.59. The van der Waals surface area contributed by atoms with Crippen molar-refractivity contribution in [2.45, 2.75) is 11.5 Å². The van der Waals surface area contributed by atoms with Gasteiger partial charge in [0.15, 0.2) is 0 Å². The van der Waals surface area contributed by atoms with Crippen molar-refractivity contribution in [2.24, 2.45) is 0 Å². The maximum atomic E-state index is 12.2. The van der Waals surface area contributed by atoms with E-state index < -0.39 is 5.97 Å². The van der Waals surface area contributed by atoms with Crippen LogP contribution in [0, 0.1) is 0 Å². The van der Waals surface area contributed by atoms with Crippen LogP contribution in [0.2, 0.25) is 0 Å². The highest BCUT2D eigenvalue weighted by molar-refractivity contribution is 8.13. The first kappa shape index (κ1) is 17.9. The molecule has 0 aliphatic carbocycles. The van der Waals surface area contributed by atoms with Gasteiger partial charge in [-0.1, -0.05) is 24.3 Å². The second kappa shape index (κ2) is 8.40. The van der Waals surface area contributed by atoms with Crippen LogP contribution in [-0.2, 0) is 11.3 Å². The van der Waals surface area contributed by atoms with E-state index in [2.05, 4.69) is 0 Å². The highest BCUT2D eigenvalue weighted by Gasteiger charge is 2.13. The molecule has 0 saturated carbocycles. The van der Waals surface area contributed by atoms with Crippen molar-refractivity contribution in [3.05, 3.63) is 59.7 Å². The summed E-state index contributed by atoms with van der Waals surface area (Å²) in [6, 6.07) is 14.3. The van der Waals surface area contributed by atoms with E-state index >= 15 is 0 Å². The first-order chi connectivity index (χ1) is 11.5. The summed E-state index contributed by atoms with van der Waals surface area (Å²) in [5.74, 6) is 0.0262. The molecule has 0 saturated heterocycles. The molecule has 0 heterocycles. The molecule has 0 aliphatic heterocycles. The van der Waals surface area contributed by atoms with Crippen LogP contribution in [0.15, 0.2) is 53.4 Å². The molecule has 0 aromatic heterocycles. The topological polar surface area (TPSA) is 55.8 Å². The molecule has 5 nitrogen and oxygen atoms in total. The molecule has 0 spiro atoms. The summed E-state index contributed by atoms with van der Waals surface area (Å²) in [7, 11) is 4.91. The number of esters is 1. The molecular weight excluding hydrogens is 326 g/mol. The molecule has 0 N–H and O–H groups in total. The monoisotopic (exact) mass is 345 g/mol. The fourth-order valence-corrected chi connectivity index (χ4v) is 2.67. The summed E-state index contributed by atoms with van der Waals surface area (Å²) in [6.45, 7) is 0.126. The van der Waals surface area contributed by atoms with E-state index in [-0.39, 0.29) is 11.8 Å². The van der Waals surface area contributed by atoms with Crippen molar-refractivity contribution in [1.82, 2.24) is 4.90 Å². The largest absolute Gasteiger partial charge is 0.496 e. The average molecular weight is 345 g/mol. The molecule has 0 bridgehead atoms. The summed E-state index contributed by atoms with van der Waals surface area (Å²) in [5, 5.41) is -0.0573. The van der Waals surface area contributed by atoms with E-state index in [0.717, 1.165) is 22.2 Å². The third-order valence-electron chi connectivity index (χ3n) is 3.17. The lowest BCUT2D eigenvalue weighted by Crippen LogP contribution is -2.16. The Morgan fingerprint density at radius 3 is 2.54 bits per heavy atom. The summed E-state index contributed by atoms with van der Waals surface area (Å²) >= 11 is 1.13. The molecule has 0 atom stereocenters. The Balaban J connectivity index is 2.01. The number of rotatable bonds is 5. The van der Waals surface area contributed by atoms with Crippen molar-refractivity contribution in [1.29, 1.82) is 0 Å². The van der Waals surface area contributed by atoms with Crippen LogP contribution < -0.4 is 4.74 Å². The van der Waals surface area contributed by atoms with Gasteiger partial charge in [-0.15, -0.1) is 0 Å². The van der Waals surface area contributed by atoms with Gasteiger partial charge in [0.05, 0.1) is 7.11 Å². The zero-order valence-electron chi connectivity index (χ0n) is 13.8. The zero-order chi connectivity index (χ0) is 17.5. The van der Waals surface area contributed by atoms with Crippen molar-refractivity contribution < 1.29 is 19.1 Å². The second-order valence-corrected chi connectivity index (χ2v) is 6.21. The molecule has 126 valence electrons. The molecule has 0 aliphatic rings. The minimum atomic E-state index is -0.449. The summed E-state index contributed by atoms with van der Waals surface area (Å²) in [6.07, 6.45) is 0. The second-order valence-electron chi connectivity index (χ2n) is 5.19. The molecule has 24 heavy (non-hydrogen) atoms. The predicted octanol–water partition coefficient (Wildman–Crippen LogP) is 3.83. The number of carbonyl (C=O) groups excluding carboxylic acids is 2. The Hall–Kier alpha value is -2.47. The number of hydrogen-bond acceptors (Lipinski definition) is 5. The van der Waals surface area contributed by atoms with Gasteiger partial charge in [-0.25, -0.2) is 4.79 Å². The summed E-state index contributed by atoms with van der Waals surface area (Å²) < 4.78 is 10.5. The minimum absolute atomic E-state index is 0.0573. The van der Waals surface area contributed by atoms with Crippen molar-refractivity contribution in [3.8, 4) is 5.75 Å². The standard InChI is InChI=1S/C18H19NO4S/c1-19(2)18(21)24-14-8-6-7-13(11-14)12-23-17(20)15-9-4-5-10-16(15)22-3/h4-11H,12H2,1-3H3. The minimum Gasteiger partial charge on any atom is -0.496 e. The zero-order valence-corrected chi connectivity index (χ0v) is 14.6. The van der Waals surface area contributed by atoms with Gasteiger partial charge in [0.2, 0.25) is 0 Å². The van der Waals surface area contributed by atoms with Gasteiger partial charge in [-0.05, 0) is 41.6 Å². The van der Waals surface area contributed by atoms with E-state index in [0.29, 0.717) is 11.3 Å². The van der Waals surface area contributed by atoms with Gasteiger partial charge < -0.3 is 14.4 Å². The van der Waals surface area contributed by atoms with E-state index in [9.17, 15) is 9.59 Å². The van der Waals surface area contributed by atoms with Gasteiger partial charge in [0.25, 0.3) is 5.24 Å². The van der Waals surface area contributed by atoms with Gasteiger partial charge in [0, 0.05) is 19.0 Å². The van der Waals surface area contributed by atoms with Gasteiger partial charge >= 0.3 is 5.97 Å². The number of carbonyl (C=O) groups is 2. The maximum absolute atomic E-state index is 12.2. The molecular formula is C18H19NO4S. The smallest absolute Gasteiger partial charge is 0.342 e. The molecule has 0 unspecified atom stereocenters. The van der Waals surface area contributed by atoms with Crippen LogP contribution in [0.5, 0.6) is 5.75 Å². The van der Waals surface area contributed by atoms with Gasteiger partial charge in [0.1, 0.15) is 17.9 Å². The van der Waals surface area contributed by atoms with E-state index in [1.165, 1.54) is 12.0 Å². The Bertz CT molecular complexity index is 730. The Kier molecular flexibility index (Phi) is 6.26. The lowest BCUT2D eigenvalue weighted by Gasteiger charge is -2.11. The van der Waals surface area contributed by atoms with Crippen LogP contribution in [-0.4, -0.2) is 37.3 Å². The normalized spacial score (nSPS) is 10.1. The molecule has 0 radical (unpaired) electrons. The molecule has 6 heteroatoms. The van der Waals surface area contributed by atoms with Crippen LogP contribution in [0.3, 0.4) is 0 Å². The first-order valence-corrected chi connectivity index (χ1v) is 8.11. The fraction of sp³-hybridized carbons (Fsp3) is 0.222. The predicted molar refractivity (Wildman–Crippen MR) is 93.5 cm³/mol. The van der Waals surface area contributed by atoms with Crippen LogP contribution in [0.1, 0.15) is 15.9 Å². The summed E-state index contributed by atoms with van der Waals surface area (Å²) in [4.78, 5) is 26.2. The number of nitrogens with zero attached hydrogens (tertiary/aromatic N) is 1. The number of para-hydroxylation sites is 1. The maximum Gasteiger partial charge on any atom is 0.342 e. The SMILES string of the molecule is COc1ccccc1C(=O)OCc1cccc(SC(=O)N(C)C)c1. The summed E-state index contributed by atoms with van der Waals surface area (Å²) in [5.41, 5.74) is 1.20. The lowest BCUT2D eigenvalue weighted by atomic mass is 10.2. The first-order valence-electron chi connectivity index (χ1n) is 7.29. The van der Waals surface area contributed by atoms with E-state index in [1.807, 2.05) is 24.3 Å². The molecule has 2 aromatic carbocycles. The number of ether oxygens (including phenoxy) is 2. The van der Waals surface area contributed by atoms with E-state index in [4.69, 9.17) is 9.47 Å². The fourth-order valence-electron chi connectivity index (χ4n) is 1.93. The Morgan fingerprint density at radius 1 is 1.08 bits per heavy atom. The molecule has 0 fully saturated rings. The molecule has 2 rings (SSSR count). The van der Waals surface area contributed by atoms with Crippen LogP contribution in [0.4, 0.5) is 4.79 Å². The number of thioether (sulfide) groups is 1. The highest BCUT2D eigenvalue weighted by atomic mass is 32.2. The highest BCUT2D eigenvalue weighted by Crippen LogP contribution is 2.23. The third kappa shape index (κ3) is 4.76. The van der Waals surface area contributed by atoms with Crippen LogP contribution in [0.25, 0.3) is 0 Å². The number of benzene rings is 2.